The molecule has 0 aliphatic carbocycles. The van der Waals surface area contributed by atoms with E-state index in [-0.39, 0.29) is 15.5 Å². The second kappa shape index (κ2) is 15.6. The number of hydrogen-bond acceptors (Lipinski definition) is 9. The molecule has 2 N–H and O–H groups in total. The number of carbonyl (C=O) groups is 1. The number of nitrogens with zero attached hydrogens (tertiary/aromatic N) is 3. The lowest BCUT2D eigenvalue weighted by Crippen LogP contribution is -2.42. The van der Waals surface area contributed by atoms with E-state index in [2.05, 4.69) is 46.5 Å². The summed E-state index contributed by atoms with van der Waals surface area (Å²) < 4.78 is 57.8. The molecule has 2 aliphatic rings. The fourth-order valence-electron chi connectivity index (χ4n) is 6.01. The minimum absolute atomic E-state index is 0.0575. The Morgan fingerprint density at radius 3 is 2.24 bits per heavy atom. The molecule has 252 valence electrons. The average molecular weight is 859 g/mol. The highest BCUT2D eigenvalue weighted by molar-refractivity contribution is 9.11. The number of sulfonamides is 2. The molecule has 2 saturated heterocycles. The van der Waals surface area contributed by atoms with Gasteiger partial charge in [0.15, 0.2) is 0 Å². The minimum atomic E-state index is -4.11. The van der Waals surface area contributed by atoms with E-state index in [1.807, 2.05) is 5.38 Å². The molecule has 0 aromatic carbocycles. The van der Waals surface area contributed by atoms with Crippen molar-refractivity contribution < 1.29 is 26.7 Å². The Morgan fingerprint density at radius 1 is 1.04 bits per heavy atom. The van der Waals surface area contributed by atoms with Crippen molar-refractivity contribution in [2.45, 2.75) is 66.5 Å². The number of hydrogen-bond donors (Lipinski definition) is 2. The zero-order valence-corrected chi connectivity index (χ0v) is 32.0. The van der Waals surface area contributed by atoms with Crippen LogP contribution in [0, 0.1) is 11.8 Å². The van der Waals surface area contributed by atoms with E-state index in [4.69, 9.17) is 11.6 Å². The van der Waals surface area contributed by atoms with Crippen molar-refractivity contribution >= 4 is 98.0 Å². The van der Waals surface area contributed by atoms with Gasteiger partial charge in [-0.15, -0.1) is 22.7 Å². The first kappa shape index (κ1) is 36.2. The van der Waals surface area contributed by atoms with E-state index in [9.17, 15) is 26.7 Å². The Labute approximate surface area is 299 Å². The van der Waals surface area contributed by atoms with Crippen molar-refractivity contribution in [3.05, 3.63) is 54.0 Å². The van der Waals surface area contributed by atoms with E-state index in [0.29, 0.717) is 44.0 Å². The maximum Gasteiger partial charge on any atom is 0.322 e. The number of pyridine rings is 1. The van der Waals surface area contributed by atoms with Crippen molar-refractivity contribution in [2.75, 3.05) is 31.1 Å². The van der Waals surface area contributed by atoms with Gasteiger partial charge in [-0.25, -0.2) is 21.8 Å². The molecule has 1 atom stereocenters. The minimum Gasteiger partial charge on any atom is -0.480 e. The van der Waals surface area contributed by atoms with Crippen LogP contribution in [-0.2, 0) is 31.3 Å². The van der Waals surface area contributed by atoms with Gasteiger partial charge in [0, 0.05) is 48.1 Å². The molecular weight excluding hydrogens is 824 g/mol. The maximum atomic E-state index is 13.0. The lowest BCUT2D eigenvalue weighted by molar-refractivity contribution is -0.138. The van der Waals surface area contributed by atoms with Gasteiger partial charge >= 0.3 is 5.97 Å². The zero-order chi connectivity index (χ0) is 33.1. The summed E-state index contributed by atoms with van der Waals surface area (Å²) in [4.78, 5) is 19.0. The number of nitrogens with one attached hydrogen (secondary N) is 1. The van der Waals surface area contributed by atoms with Gasteiger partial charge in [0.1, 0.15) is 25.3 Å². The van der Waals surface area contributed by atoms with Crippen molar-refractivity contribution in [2.24, 2.45) is 11.8 Å². The predicted octanol–water partition coefficient (Wildman–Crippen LogP) is 6.84. The number of halogens is 3. The standard InChI is InChI=1S/C29H35Br2ClN4O6S4/c30-23-17-26(44-27(23)32)46(41,42)36-12-8-20(9-13-36)4-1-3-19-6-10-35(11-7-19)28-24(31)16-22(18-33-28)45(39,40)34-25(29(37)38)15-21-5-2-14-43-21/h2,5,14,16-20,25,34H,1,3-4,6-13,15H2,(H,37,38). The van der Waals surface area contributed by atoms with Crippen LogP contribution in [0.5, 0.6) is 0 Å². The number of thiophene rings is 2. The Bertz CT molecular complexity index is 1700. The molecule has 46 heavy (non-hydrogen) atoms. The van der Waals surface area contributed by atoms with Gasteiger partial charge in [-0.05, 0) is 93.0 Å². The fourth-order valence-corrected chi connectivity index (χ4v) is 12.6. The zero-order valence-electron chi connectivity index (χ0n) is 24.8. The third-order valence-electron chi connectivity index (χ3n) is 8.62. The Morgan fingerprint density at radius 2 is 1.70 bits per heavy atom. The van der Waals surface area contributed by atoms with Crippen molar-refractivity contribution in [3.8, 4) is 0 Å². The first-order valence-corrected chi connectivity index (χ1v) is 21.5. The monoisotopic (exact) mass is 856 g/mol. The summed E-state index contributed by atoms with van der Waals surface area (Å²) in [6, 6.07) is 5.34. The van der Waals surface area contributed by atoms with Crippen LogP contribution in [0.15, 0.2) is 53.9 Å². The highest BCUT2D eigenvalue weighted by Gasteiger charge is 2.32. The number of piperidine rings is 2. The van der Waals surface area contributed by atoms with E-state index < -0.39 is 32.1 Å². The maximum absolute atomic E-state index is 13.0. The molecule has 0 bridgehead atoms. The van der Waals surface area contributed by atoms with E-state index >= 15 is 0 Å². The summed E-state index contributed by atoms with van der Waals surface area (Å²) in [5.41, 5.74) is 0. The number of anilines is 1. The molecule has 17 heteroatoms. The lowest BCUT2D eigenvalue weighted by Gasteiger charge is -2.34. The van der Waals surface area contributed by atoms with Crippen molar-refractivity contribution in [3.63, 3.8) is 0 Å². The molecule has 3 aromatic heterocycles. The number of rotatable bonds is 13. The second-order valence-corrected chi connectivity index (χ2v) is 19.9. The summed E-state index contributed by atoms with van der Waals surface area (Å²) in [6.45, 7) is 2.68. The van der Waals surface area contributed by atoms with Crippen LogP contribution >= 0.6 is 66.1 Å². The number of carboxylic acid groups (broad SMARTS) is 1. The van der Waals surface area contributed by atoms with E-state index in [1.54, 1.807) is 22.5 Å². The molecule has 1 unspecified atom stereocenters. The quantitative estimate of drug-likeness (QED) is 0.191. The number of aromatic nitrogens is 1. The lowest BCUT2D eigenvalue weighted by atomic mass is 9.87. The molecule has 5 heterocycles. The Kier molecular flexibility index (Phi) is 12.3. The van der Waals surface area contributed by atoms with Crippen LogP contribution in [0.25, 0.3) is 0 Å². The number of aliphatic carboxylic acids is 1. The van der Waals surface area contributed by atoms with Crippen molar-refractivity contribution in [1.82, 2.24) is 14.0 Å². The molecule has 2 aliphatic heterocycles. The summed E-state index contributed by atoms with van der Waals surface area (Å²) in [6.07, 6.45) is 8.42. The van der Waals surface area contributed by atoms with Crippen LogP contribution in [0.3, 0.4) is 0 Å². The van der Waals surface area contributed by atoms with Gasteiger partial charge in [-0.1, -0.05) is 36.9 Å². The van der Waals surface area contributed by atoms with Crippen molar-refractivity contribution in [1.29, 1.82) is 0 Å². The Balaban J connectivity index is 1.06. The molecule has 5 rings (SSSR count). The first-order valence-electron chi connectivity index (χ1n) is 15.0. The highest BCUT2D eigenvalue weighted by Crippen LogP contribution is 2.37. The predicted molar refractivity (Wildman–Crippen MR) is 189 cm³/mol. The summed E-state index contributed by atoms with van der Waals surface area (Å²) in [5.74, 6) is 0.548. The van der Waals surface area contributed by atoms with E-state index in [0.717, 1.165) is 74.2 Å². The normalized spacial score (nSPS) is 18.2. The topological polar surface area (TPSA) is 137 Å². The second-order valence-electron chi connectivity index (χ2n) is 11.7. The SMILES string of the molecule is O=C(O)C(Cc1cccs1)NS(=O)(=O)c1cnc(N2CCC(CCCC3CCN(S(=O)(=O)c4cc(Br)c(Cl)s4)CC3)CC2)c(Br)c1. The number of carboxylic acids is 1. The van der Waals surface area contributed by atoms with E-state index in [1.165, 1.54) is 23.6 Å². The molecule has 0 amide bonds. The third-order valence-corrected chi connectivity index (χ3v) is 16.4. The first-order chi connectivity index (χ1) is 21.8. The molecule has 10 nitrogen and oxygen atoms in total. The van der Waals surface area contributed by atoms with Crippen LogP contribution in [-0.4, -0.2) is 69.4 Å². The molecule has 0 saturated carbocycles. The van der Waals surface area contributed by atoms with Gasteiger partial charge in [0.25, 0.3) is 10.0 Å². The average Bonchev–Trinajstić information content (AvgIpc) is 3.66. The summed E-state index contributed by atoms with van der Waals surface area (Å²) in [5, 5.41) is 11.4. The molecule has 0 spiro atoms. The molecular formula is C29H35Br2ClN4O6S4. The largest absolute Gasteiger partial charge is 0.480 e. The van der Waals surface area contributed by atoms with Gasteiger partial charge in [-0.2, -0.15) is 9.03 Å². The van der Waals surface area contributed by atoms with Crippen LogP contribution in [0.1, 0.15) is 49.8 Å². The van der Waals surface area contributed by atoms with Gasteiger partial charge < -0.3 is 10.0 Å². The van der Waals surface area contributed by atoms with Gasteiger partial charge in [0.2, 0.25) is 10.0 Å². The highest BCUT2D eigenvalue weighted by atomic mass is 79.9. The molecule has 2 fully saturated rings. The third kappa shape index (κ3) is 8.91. The van der Waals surface area contributed by atoms with Crippen LogP contribution in [0.4, 0.5) is 5.82 Å². The van der Waals surface area contributed by atoms with Gasteiger partial charge in [-0.3, -0.25) is 4.79 Å². The molecule has 0 radical (unpaired) electrons. The summed E-state index contributed by atoms with van der Waals surface area (Å²) >= 11 is 15.3. The van der Waals surface area contributed by atoms with Crippen LogP contribution < -0.4 is 9.62 Å². The summed E-state index contributed by atoms with van der Waals surface area (Å²) in [7, 11) is -7.62. The fraction of sp³-hybridized carbons (Fsp3) is 0.517. The smallest absolute Gasteiger partial charge is 0.322 e. The Hall–Kier alpha value is -1.11. The van der Waals surface area contributed by atoms with Gasteiger partial charge in [0.05, 0.1) is 4.47 Å². The molecule has 3 aromatic rings. The van der Waals surface area contributed by atoms with Crippen LogP contribution in [0.2, 0.25) is 4.34 Å².